The van der Waals surface area contributed by atoms with E-state index in [0.29, 0.717) is 16.8 Å². The zero-order valence-corrected chi connectivity index (χ0v) is 7.87. The Morgan fingerprint density at radius 1 is 0.867 bits per heavy atom. The van der Waals surface area contributed by atoms with Crippen molar-refractivity contribution in [3.63, 3.8) is 0 Å². The molecule has 0 radical (unpaired) electrons. The second kappa shape index (κ2) is 3.69. The lowest BCUT2D eigenvalue weighted by Crippen LogP contribution is -1.92. The van der Waals surface area contributed by atoms with Gasteiger partial charge in [0, 0.05) is 16.8 Å². The topological polar surface area (TPSA) is 26.0 Å². The van der Waals surface area contributed by atoms with Crippen molar-refractivity contribution in [1.82, 2.24) is 0 Å². The highest BCUT2D eigenvalue weighted by Gasteiger charge is 2.08. The number of anilines is 1. The van der Waals surface area contributed by atoms with E-state index >= 15 is 0 Å². The van der Waals surface area contributed by atoms with Crippen molar-refractivity contribution in [1.29, 1.82) is 0 Å². The number of nitrogen functional groups attached to an aromatic ring is 1. The van der Waals surface area contributed by atoms with Crippen molar-refractivity contribution < 1.29 is 8.78 Å². The van der Waals surface area contributed by atoms with Crippen molar-refractivity contribution in [3.8, 4) is 11.1 Å². The molecule has 3 heteroatoms. The van der Waals surface area contributed by atoms with Gasteiger partial charge in [0.15, 0.2) is 0 Å². The van der Waals surface area contributed by atoms with Gasteiger partial charge in [-0.25, -0.2) is 8.78 Å². The summed E-state index contributed by atoms with van der Waals surface area (Å²) in [6, 6.07) is 10.1. The third-order valence-electron chi connectivity index (χ3n) is 2.18. The van der Waals surface area contributed by atoms with Gasteiger partial charge in [-0.3, -0.25) is 0 Å². The molecule has 2 aromatic rings. The van der Waals surface area contributed by atoms with Crippen LogP contribution in [0.4, 0.5) is 14.5 Å². The van der Waals surface area contributed by atoms with Crippen LogP contribution in [0, 0.1) is 11.6 Å². The van der Waals surface area contributed by atoms with Crippen molar-refractivity contribution in [3.05, 3.63) is 54.1 Å². The van der Waals surface area contributed by atoms with Crippen molar-refractivity contribution in [2.75, 3.05) is 5.73 Å². The predicted molar refractivity (Wildman–Crippen MR) is 56.2 cm³/mol. The van der Waals surface area contributed by atoms with Gasteiger partial charge in [0.1, 0.15) is 11.6 Å². The van der Waals surface area contributed by atoms with E-state index in [1.165, 1.54) is 24.3 Å². The Hall–Kier alpha value is -1.90. The maximum absolute atomic E-state index is 13.4. The van der Waals surface area contributed by atoms with Crippen LogP contribution < -0.4 is 5.73 Å². The Balaban J connectivity index is 2.64. The van der Waals surface area contributed by atoms with Crippen LogP contribution in [0.5, 0.6) is 0 Å². The Morgan fingerprint density at radius 3 is 2.33 bits per heavy atom. The van der Waals surface area contributed by atoms with Gasteiger partial charge < -0.3 is 5.73 Å². The van der Waals surface area contributed by atoms with Crippen molar-refractivity contribution in [2.45, 2.75) is 0 Å². The maximum atomic E-state index is 13.4. The van der Waals surface area contributed by atoms with E-state index in [-0.39, 0.29) is 0 Å². The molecular weight excluding hydrogens is 196 g/mol. The fraction of sp³-hybridized carbons (Fsp3) is 0. The Kier molecular flexibility index (Phi) is 2.37. The van der Waals surface area contributed by atoms with Crippen LogP contribution in [0.3, 0.4) is 0 Å². The van der Waals surface area contributed by atoms with Gasteiger partial charge in [-0.15, -0.1) is 0 Å². The normalized spacial score (nSPS) is 10.3. The zero-order valence-electron chi connectivity index (χ0n) is 7.87. The minimum absolute atomic E-state index is 0.314. The van der Waals surface area contributed by atoms with Crippen molar-refractivity contribution >= 4 is 5.69 Å². The number of benzene rings is 2. The fourth-order valence-electron chi connectivity index (χ4n) is 1.44. The van der Waals surface area contributed by atoms with Gasteiger partial charge in [-0.1, -0.05) is 18.2 Å². The van der Waals surface area contributed by atoms with E-state index in [1.807, 2.05) is 0 Å². The third-order valence-corrected chi connectivity index (χ3v) is 2.18. The molecule has 0 atom stereocenters. The van der Waals surface area contributed by atoms with Gasteiger partial charge >= 0.3 is 0 Å². The first-order chi connectivity index (χ1) is 7.18. The molecule has 0 saturated carbocycles. The van der Waals surface area contributed by atoms with Gasteiger partial charge in [0.25, 0.3) is 0 Å². The van der Waals surface area contributed by atoms with Gasteiger partial charge in [-0.2, -0.15) is 0 Å². The number of hydrogen-bond acceptors (Lipinski definition) is 1. The SMILES string of the molecule is Nc1ccc(F)cc1-c1ccccc1F. The average Bonchev–Trinajstić information content (AvgIpc) is 2.23. The molecule has 2 rings (SSSR count). The minimum atomic E-state index is -0.428. The molecule has 0 aromatic heterocycles. The van der Waals surface area contributed by atoms with Crippen LogP contribution in [0.25, 0.3) is 11.1 Å². The van der Waals surface area contributed by atoms with Crippen LogP contribution in [0.2, 0.25) is 0 Å². The van der Waals surface area contributed by atoms with E-state index in [4.69, 9.17) is 5.73 Å². The summed E-state index contributed by atoms with van der Waals surface area (Å²) in [5.41, 5.74) is 6.72. The van der Waals surface area contributed by atoms with Crippen molar-refractivity contribution in [2.24, 2.45) is 0 Å². The Bertz CT molecular complexity index is 495. The highest BCUT2D eigenvalue weighted by Crippen LogP contribution is 2.28. The van der Waals surface area contributed by atoms with Gasteiger partial charge in [0.2, 0.25) is 0 Å². The lowest BCUT2D eigenvalue weighted by Gasteiger charge is -2.06. The van der Waals surface area contributed by atoms with E-state index < -0.39 is 11.6 Å². The van der Waals surface area contributed by atoms with E-state index in [9.17, 15) is 8.78 Å². The van der Waals surface area contributed by atoms with Gasteiger partial charge in [0.05, 0.1) is 0 Å². The molecule has 0 unspecified atom stereocenters. The highest BCUT2D eigenvalue weighted by atomic mass is 19.1. The first kappa shape index (κ1) is 9.65. The lowest BCUT2D eigenvalue weighted by molar-refractivity contribution is 0.625. The summed E-state index contributed by atoms with van der Waals surface area (Å²) in [5, 5.41) is 0. The number of hydrogen-bond donors (Lipinski definition) is 1. The summed E-state index contributed by atoms with van der Waals surface area (Å²) < 4.78 is 26.4. The maximum Gasteiger partial charge on any atom is 0.131 e. The van der Waals surface area contributed by atoms with E-state index in [0.717, 1.165) is 0 Å². The number of nitrogens with two attached hydrogens (primary N) is 1. The van der Waals surface area contributed by atoms with E-state index in [2.05, 4.69) is 0 Å². The molecule has 0 bridgehead atoms. The lowest BCUT2D eigenvalue weighted by atomic mass is 10.0. The first-order valence-electron chi connectivity index (χ1n) is 4.48. The fourth-order valence-corrected chi connectivity index (χ4v) is 1.44. The first-order valence-corrected chi connectivity index (χ1v) is 4.48. The smallest absolute Gasteiger partial charge is 0.131 e. The Morgan fingerprint density at radius 2 is 1.60 bits per heavy atom. The minimum Gasteiger partial charge on any atom is -0.398 e. The van der Waals surface area contributed by atoms with Crippen LogP contribution >= 0.6 is 0 Å². The number of rotatable bonds is 1. The molecule has 2 aromatic carbocycles. The summed E-state index contributed by atoms with van der Waals surface area (Å²) in [7, 11) is 0. The second-order valence-corrected chi connectivity index (χ2v) is 3.21. The quantitative estimate of drug-likeness (QED) is 0.711. The average molecular weight is 205 g/mol. The standard InChI is InChI=1S/C12H9F2N/c13-8-5-6-12(15)10(7-8)9-3-1-2-4-11(9)14/h1-7H,15H2. The molecule has 0 heterocycles. The predicted octanol–water partition coefficient (Wildman–Crippen LogP) is 3.21. The van der Waals surface area contributed by atoms with Crippen LogP contribution in [-0.4, -0.2) is 0 Å². The molecule has 0 aliphatic heterocycles. The third kappa shape index (κ3) is 1.81. The van der Waals surface area contributed by atoms with Crippen LogP contribution in [0.15, 0.2) is 42.5 Å². The van der Waals surface area contributed by atoms with Crippen LogP contribution in [-0.2, 0) is 0 Å². The summed E-state index contributed by atoms with van der Waals surface area (Å²) in [6.07, 6.45) is 0. The molecule has 0 saturated heterocycles. The molecule has 0 amide bonds. The molecule has 0 aliphatic carbocycles. The summed E-state index contributed by atoms with van der Waals surface area (Å²) in [6.45, 7) is 0. The molecule has 2 N–H and O–H groups in total. The monoisotopic (exact) mass is 205 g/mol. The molecule has 0 spiro atoms. The summed E-state index contributed by atoms with van der Waals surface area (Å²) in [5.74, 6) is -0.836. The molecule has 0 fully saturated rings. The summed E-state index contributed by atoms with van der Waals surface area (Å²) in [4.78, 5) is 0. The molecule has 15 heavy (non-hydrogen) atoms. The second-order valence-electron chi connectivity index (χ2n) is 3.21. The summed E-state index contributed by atoms with van der Waals surface area (Å²) >= 11 is 0. The molecule has 76 valence electrons. The molecule has 0 aliphatic rings. The molecular formula is C12H9F2N. The van der Waals surface area contributed by atoms with Crippen LogP contribution in [0.1, 0.15) is 0 Å². The largest absolute Gasteiger partial charge is 0.398 e. The number of halogens is 2. The van der Waals surface area contributed by atoms with Gasteiger partial charge in [-0.05, 0) is 24.3 Å². The Labute approximate surface area is 86.2 Å². The molecule has 1 nitrogen and oxygen atoms in total. The van der Waals surface area contributed by atoms with E-state index in [1.54, 1.807) is 18.2 Å². The zero-order chi connectivity index (χ0) is 10.8. The highest BCUT2D eigenvalue weighted by molar-refractivity contribution is 5.76.